The summed E-state index contributed by atoms with van der Waals surface area (Å²) in [6.07, 6.45) is 0.638. The first-order valence-electron chi connectivity index (χ1n) is 6.72. The van der Waals surface area contributed by atoms with Crippen molar-refractivity contribution in [2.75, 3.05) is 7.11 Å². The molecule has 116 valence electrons. The average molecular weight is 314 g/mol. The summed E-state index contributed by atoms with van der Waals surface area (Å²) in [5, 5.41) is 10.7. The molecule has 0 aromatic heterocycles. The molecule has 0 spiro atoms. The number of amides is 1. The van der Waals surface area contributed by atoms with Gasteiger partial charge in [-0.1, -0.05) is 38.5 Å². The van der Waals surface area contributed by atoms with Crippen LogP contribution in [0.5, 0.6) is 5.75 Å². The molecule has 0 heterocycles. The zero-order valence-electron chi connectivity index (χ0n) is 12.3. The third kappa shape index (κ3) is 4.36. The molecular formula is C15H20ClNO4. The number of hydrogen-bond donors (Lipinski definition) is 2. The van der Waals surface area contributed by atoms with Crippen LogP contribution in [0, 0.1) is 5.92 Å². The zero-order valence-corrected chi connectivity index (χ0v) is 13.1. The Labute approximate surface area is 129 Å². The maximum atomic E-state index is 12.2. The Kier molecular flexibility index (Phi) is 6.49. The van der Waals surface area contributed by atoms with Crippen molar-refractivity contribution in [2.24, 2.45) is 5.92 Å². The molecule has 2 N–H and O–H groups in total. The van der Waals surface area contributed by atoms with Gasteiger partial charge in [-0.2, -0.15) is 0 Å². The van der Waals surface area contributed by atoms with Crippen molar-refractivity contribution in [3.8, 4) is 5.75 Å². The molecule has 0 radical (unpaired) electrons. The fourth-order valence-electron chi connectivity index (χ4n) is 1.93. The molecule has 0 aliphatic carbocycles. The van der Waals surface area contributed by atoms with Crippen molar-refractivity contribution >= 4 is 23.5 Å². The van der Waals surface area contributed by atoms with E-state index in [4.69, 9.17) is 16.3 Å². The van der Waals surface area contributed by atoms with Gasteiger partial charge in [-0.3, -0.25) is 4.79 Å². The lowest BCUT2D eigenvalue weighted by Gasteiger charge is -2.22. The van der Waals surface area contributed by atoms with E-state index in [1.807, 2.05) is 6.92 Å². The number of ether oxygens (including phenoxy) is 1. The maximum absolute atomic E-state index is 12.2. The highest BCUT2D eigenvalue weighted by atomic mass is 35.5. The first kappa shape index (κ1) is 17.3. The summed E-state index contributed by atoms with van der Waals surface area (Å²) in [5.74, 6) is -1.31. The Hall–Kier alpha value is -1.75. The smallest absolute Gasteiger partial charge is 0.326 e. The molecule has 0 aliphatic rings. The van der Waals surface area contributed by atoms with Gasteiger partial charge in [-0.25, -0.2) is 4.79 Å². The van der Waals surface area contributed by atoms with E-state index in [0.717, 1.165) is 0 Å². The van der Waals surface area contributed by atoms with Crippen LogP contribution in [0.25, 0.3) is 0 Å². The Morgan fingerprint density at radius 2 is 2.00 bits per heavy atom. The highest BCUT2D eigenvalue weighted by molar-refractivity contribution is 6.31. The van der Waals surface area contributed by atoms with Gasteiger partial charge < -0.3 is 15.2 Å². The van der Waals surface area contributed by atoms with E-state index < -0.39 is 23.3 Å². The van der Waals surface area contributed by atoms with Gasteiger partial charge in [0.15, 0.2) is 0 Å². The Balaban J connectivity index is 2.89. The minimum absolute atomic E-state index is 0.187. The molecule has 1 aromatic carbocycles. The summed E-state index contributed by atoms with van der Waals surface area (Å²) in [7, 11) is 1.49. The van der Waals surface area contributed by atoms with Gasteiger partial charge in [0.1, 0.15) is 17.2 Å². The summed E-state index contributed by atoms with van der Waals surface area (Å²) in [6, 6.07) is 5.92. The third-order valence-corrected chi connectivity index (χ3v) is 3.85. The number of rotatable bonds is 7. The minimum Gasteiger partial charge on any atom is -0.496 e. The summed E-state index contributed by atoms with van der Waals surface area (Å²) in [4.78, 5) is 23.4. The second-order valence-electron chi connectivity index (χ2n) is 4.81. The van der Waals surface area contributed by atoms with Crippen LogP contribution in [-0.4, -0.2) is 30.1 Å². The lowest BCUT2D eigenvalue weighted by molar-refractivity contribution is -0.143. The van der Waals surface area contributed by atoms with E-state index in [0.29, 0.717) is 17.7 Å². The molecular weight excluding hydrogens is 294 g/mol. The number of hydrogen-bond acceptors (Lipinski definition) is 3. The molecule has 3 atom stereocenters. The monoisotopic (exact) mass is 313 g/mol. The van der Waals surface area contributed by atoms with Gasteiger partial charge in [0.25, 0.3) is 0 Å². The highest BCUT2D eigenvalue weighted by Gasteiger charge is 2.29. The topological polar surface area (TPSA) is 75.6 Å². The number of methoxy groups -OCH3 is 1. The zero-order chi connectivity index (χ0) is 16.0. The predicted octanol–water partition coefficient (Wildman–Crippen LogP) is 2.59. The summed E-state index contributed by atoms with van der Waals surface area (Å²) in [5.41, 5.74) is 0.507. The van der Waals surface area contributed by atoms with Crippen molar-refractivity contribution in [1.29, 1.82) is 0 Å². The standard InChI is InChI=1S/C15H20ClNO4/c1-4-9(2)13(15(19)20)17-14(18)12(16)10-7-5-6-8-11(10)21-3/h5-9,12-13H,4H2,1-3H3,(H,17,18)(H,19,20). The molecule has 5 nitrogen and oxygen atoms in total. The minimum atomic E-state index is -1.07. The normalized spacial score (nSPS) is 14.9. The second-order valence-corrected chi connectivity index (χ2v) is 5.25. The quantitative estimate of drug-likeness (QED) is 0.759. The average Bonchev–Trinajstić information content (AvgIpc) is 2.50. The van der Waals surface area contributed by atoms with Crippen LogP contribution < -0.4 is 10.1 Å². The van der Waals surface area contributed by atoms with Crippen molar-refractivity contribution in [3.05, 3.63) is 29.8 Å². The lowest BCUT2D eigenvalue weighted by atomic mass is 9.99. The van der Waals surface area contributed by atoms with Crippen LogP contribution in [0.4, 0.5) is 0 Å². The molecule has 21 heavy (non-hydrogen) atoms. The number of carboxylic acids is 1. The van der Waals surface area contributed by atoms with Crippen LogP contribution in [-0.2, 0) is 9.59 Å². The van der Waals surface area contributed by atoms with Crippen molar-refractivity contribution in [2.45, 2.75) is 31.7 Å². The number of halogens is 1. The SMILES string of the molecule is CCC(C)C(NC(=O)C(Cl)c1ccccc1OC)C(=O)O. The van der Waals surface area contributed by atoms with Crippen LogP contribution in [0.1, 0.15) is 31.2 Å². The predicted molar refractivity (Wildman–Crippen MR) is 80.6 cm³/mol. The number of carbonyl (C=O) groups excluding carboxylic acids is 1. The number of carboxylic acid groups (broad SMARTS) is 1. The lowest BCUT2D eigenvalue weighted by Crippen LogP contribution is -2.46. The van der Waals surface area contributed by atoms with Crippen molar-refractivity contribution in [3.63, 3.8) is 0 Å². The first-order valence-corrected chi connectivity index (χ1v) is 7.16. The van der Waals surface area contributed by atoms with Crippen LogP contribution in [0.2, 0.25) is 0 Å². The third-order valence-electron chi connectivity index (χ3n) is 3.42. The van der Waals surface area contributed by atoms with Crippen LogP contribution in [0.15, 0.2) is 24.3 Å². The van der Waals surface area contributed by atoms with E-state index in [1.54, 1.807) is 31.2 Å². The molecule has 1 amide bonds. The van der Waals surface area contributed by atoms with Gasteiger partial charge in [-0.05, 0) is 12.0 Å². The summed E-state index contributed by atoms with van der Waals surface area (Å²) < 4.78 is 5.16. The van der Waals surface area contributed by atoms with Crippen LogP contribution >= 0.6 is 11.6 Å². The van der Waals surface area contributed by atoms with Gasteiger partial charge in [0.05, 0.1) is 7.11 Å². The number of para-hydroxylation sites is 1. The Bertz CT molecular complexity index is 506. The van der Waals surface area contributed by atoms with E-state index >= 15 is 0 Å². The molecule has 0 saturated carbocycles. The summed E-state index contributed by atoms with van der Waals surface area (Å²) in [6.45, 7) is 3.64. The van der Waals surface area contributed by atoms with Crippen molar-refractivity contribution < 1.29 is 19.4 Å². The number of aliphatic carboxylic acids is 1. The Morgan fingerprint density at radius 3 is 2.52 bits per heavy atom. The molecule has 3 unspecified atom stereocenters. The highest BCUT2D eigenvalue weighted by Crippen LogP contribution is 2.29. The molecule has 0 aliphatic heterocycles. The van der Waals surface area contributed by atoms with Gasteiger partial charge in [0.2, 0.25) is 5.91 Å². The van der Waals surface area contributed by atoms with Crippen molar-refractivity contribution in [1.82, 2.24) is 5.32 Å². The van der Waals surface area contributed by atoms with E-state index in [9.17, 15) is 14.7 Å². The molecule has 0 fully saturated rings. The van der Waals surface area contributed by atoms with E-state index in [-0.39, 0.29) is 5.92 Å². The number of nitrogens with one attached hydrogen (secondary N) is 1. The van der Waals surface area contributed by atoms with E-state index in [1.165, 1.54) is 7.11 Å². The number of alkyl halides is 1. The first-order chi connectivity index (χ1) is 9.92. The second kappa shape index (κ2) is 7.88. The molecule has 6 heteroatoms. The molecule has 1 rings (SSSR count). The molecule has 0 saturated heterocycles. The molecule has 1 aromatic rings. The number of benzene rings is 1. The van der Waals surface area contributed by atoms with Crippen LogP contribution in [0.3, 0.4) is 0 Å². The van der Waals surface area contributed by atoms with Gasteiger partial charge in [-0.15, -0.1) is 11.6 Å². The Morgan fingerprint density at radius 1 is 1.38 bits per heavy atom. The fourth-order valence-corrected chi connectivity index (χ4v) is 2.17. The van der Waals surface area contributed by atoms with Gasteiger partial charge >= 0.3 is 5.97 Å². The fraction of sp³-hybridized carbons (Fsp3) is 0.467. The maximum Gasteiger partial charge on any atom is 0.326 e. The number of carbonyl (C=O) groups is 2. The summed E-state index contributed by atoms with van der Waals surface area (Å²) >= 11 is 6.15. The van der Waals surface area contributed by atoms with Gasteiger partial charge in [0, 0.05) is 5.56 Å². The largest absolute Gasteiger partial charge is 0.496 e. The van der Waals surface area contributed by atoms with E-state index in [2.05, 4.69) is 5.32 Å². The molecule has 0 bridgehead atoms.